The van der Waals surface area contributed by atoms with Crippen LogP contribution in [0.4, 0.5) is 0 Å². The molecule has 3 heteroatoms. The number of nitrogens with one attached hydrogen (secondary N) is 1. The maximum atomic E-state index is 11.8. The highest BCUT2D eigenvalue weighted by Gasteiger charge is 2.35. The van der Waals surface area contributed by atoms with E-state index in [-0.39, 0.29) is 5.91 Å². The standard InChI is InChI=1S/C11H20N2O/c12-11(6-2-1-3-7-11)10(14)13-8-9-4-5-9/h9H,1-8,12H2,(H,13,14). The molecule has 2 aliphatic carbocycles. The third-order valence-electron chi connectivity index (χ3n) is 3.45. The lowest BCUT2D eigenvalue weighted by Gasteiger charge is -2.31. The molecule has 2 rings (SSSR count). The van der Waals surface area contributed by atoms with Gasteiger partial charge in [0.05, 0.1) is 5.54 Å². The summed E-state index contributed by atoms with van der Waals surface area (Å²) in [6.45, 7) is 0.845. The predicted molar refractivity (Wildman–Crippen MR) is 55.7 cm³/mol. The third kappa shape index (κ3) is 2.27. The van der Waals surface area contributed by atoms with E-state index in [9.17, 15) is 4.79 Å². The van der Waals surface area contributed by atoms with Gasteiger partial charge < -0.3 is 11.1 Å². The van der Waals surface area contributed by atoms with E-state index < -0.39 is 5.54 Å². The molecule has 0 spiro atoms. The first-order valence-electron chi connectivity index (χ1n) is 5.78. The van der Waals surface area contributed by atoms with Gasteiger partial charge in [-0.25, -0.2) is 0 Å². The summed E-state index contributed by atoms with van der Waals surface area (Å²) >= 11 is 0. The molecule has 3 nitrogen and oxygen atoms in total. The number of rotatable bonds is 3. The van der Waals surface area contributed by atoms with Crippen molar-refractivity contribution in [3.63, 3.8) is 0 Å². The summed E-state index contributed by atoms with van der Waals surface area (Å²) in [6.07, 6.45) is 7.72. The van der Waals surface area contributed by atoms with Crippen LogP contribution in [-0.2, 0) is 4.79 Å². The molecule has 0 bridgehead atoms. The summed E-state index contributed by atoms with van der Waals surface area (Å²) in [4.78, 5) is 11.8. The van der Waals surface area contributed by atoms with Crippen LogP contribution in [0.25, 0.3) is 0 Å². The molecule has 0 aromatic heterocycles. The van der Waals surface area contributed by atoms with Gasteiger partial charge >= 0.3 is 0 Å². The average Bonchev–Trinajstić information content (AvgIpc) is 2.99. The molecule has 0 heterocycles. The van der Waals surface area contributed by atoms with Crippen LogP contribution in [0.5, 0.6) is 0 Å². The van der Waals surface area contributed by atoms with Crippen LogP contribution in [0, 0.1) is 5.92 Å². The number of carbonyl (C=O) groups excluding carboxylic acids is 1. The third-order valence-corrected chi connectivity index (χ3v) is 3.45. The first-order chi connectivity index (χ1) is 6.71. The van der Waals surface area contributed by atoms with Gasteiger partial charge in [-0.3, -0.25) is 4.79 Å². The minimum absolute atomic E-state index is 0.0871. The second kappa shape index (κ2) is 3.89. The number of carbonyl (C=O) groups is 1. The van der Waals surface area contributed by atoms with Crippen LogP contribution >= 0.6 is 0 Å². The Labute approximate surface area is 85.4 Å². The SMILES string of the molecule is NC1(C(=O)NCC2CC2)CCCCC1. The zero-order valence-corrected chi connectivity index (χ0v) is 8.72. The lowest BCUT2D eigenvalue weighted by atomic mass is 9.82. The normalized spacial score (nSPS) is 25.8. The molecule has 2 fully saturated rings. The van der Waals surface area contributed by atoms with Crippen molar-refractivity contribution in [3.8, 4) is 0 Å². The molecule has 0 aliphatic heterocycles. The highest BCUT2D eigenvalue weighted by molar-refractivity contribution is 5.86. The fourth-order valence-electron chi connectivity index (χ4n) is 2.14. The monoisotopic (exact) mass is 196 g/mol. The van der Waals surface area contributed by atoms with Gasteiger partial charge in [0.2, 0.25) is 5.91 Å². The summed E-state index contributed by atoms with van der Waals surface area (Å²) in [5.41, 5.74) is 5.55. The molecular weight excluding hydrogens is 176 g/mol. The summed E-state index contributed by atoms with van der Waals surface area (Å²) in [6, 6.07) is 0. The molecule has 0 aromatic rings. The van der Waals surface area contributed by atoms with Crippen molar-refractivity contribution in [2.75, 3.05) is 6.54 Å². The second-order valence-electron chi connectivity index (χ2n) is 4.87. The smallest absolute Gasteiger partial charge is 0.240 e. The molecule has 3 N–H and O–H groups in total. The van der Waals surface area contributed by atoms with Crippen LogP contribution < -0.4 is 11.1 Å². The van der Waals surface area contributed by atoms with Crippen molar-refractivity contribution in [2.24, 2.45) is 11.7 Å². The van der Waals surface area contributed by atoms with E-state index in [2.05, 4.69) is 5.32 Å². The highest BCUT2D eigenvalue weighted by atomic mass is 16.2. The zero-order chi connectivity index (χ0) is 10.0. The average molecular weight is 196 g/mol. The van der Waals surface area contributed by atoms with Crippen molar-refractivity contribution < 1.29 is 4.79 Å². The van der Waals surface area contributed by atoms with Crippen molar-refractivity contribution in [2.45, 2.75) is 50.5 Å². The van der Waals surface area contributed by atoms with Gasteiger partial charge in [-0.2, -0.15) is 0 Å². The van der Waals surface area contributed by atoms with Crippen LogP contribution in [0.1, 0.15) is 44.9 Å². The van der Waals surface area contributed by atoms with Crippen molar-refractivity contribution >= 4 is 5.91 Å². The Hall–Kier alpha value is -0.570. The lowest BCUT2D eigenvalue weighted by molar-refractivity contribution is -0.127. The Morgan fingerprint density at radius 2 is 1.93 bits per heavy atom. The van der Waals surface area contributed by atoms with Crippen molar-refractivity contribution in [1.29, 1.82) is 0 Å². The molecule has 0 unspecified atom stereocenters. The van der Waals surface area contributed by atoms with E-state index in [1.165, 1.54) is 19.3 Å². The summed E-state index contributed by atoms with van der Waals surface area (Å²) in [5, 5.41) is 2.99. The fraction of sp³-hybridized carbons (Fsp3) is 0.909. The van der Waals surface area contributed by atoms with E-state index >= 15 is 0 Å². The topological polar surface area (TPSA) is 55.1 Å². The number of hydrogen-bond acceptors (Lipinski definition) is 2. The predicted octanol–water partition coefficient (Wildman–Crippen LogP) is 1.17. The number of nitrogens with two attached hydrogens (primary N) is 1. The van der Waals surface area contributed by atoms with E-state index in [0.717, 1.165) is 38.1 Å². The van der Waals surface area contributed by atoms with E-state index in [1.807, 2.05) is 0 Å². The molecule has 0 saturated heterocycles. The van der Waals surface area contributed by atoms with Crippen molar-refractivity contribution in [1.82, 2.24) is 5.32 Å². The minimum atomic E-state index is -0.548. The van der Waals surface area contributed by atoms with E-state index in [0.29, 0.717) is 0 Å². The van der Waals surface area contributed by atoms with Crippen LogP contribution in [0.2, 0.25) is 0 Å². The largest absolute Gasteiger partial charge is 0.354 e. The maximum absolute atomic E-state index is 11.8. The van der Waals surface area contributed by atoms with Crippen LogP contribution in [-0.4, -0.2) is 18.0 Å². The summed E-state index contributed by atoms with van der Waals surface area (Å²) in [7, 11) is 0. The summed E-state index contributed by atoms with van der Waals surface area (Å²) in [5.74, 6) is 0.829. The van der Waals surface area contributed by atoms with Crippen LogP contribution in [0.3, 0.4) is 0 Å². The quantitative estimate of drug-likeness (QED) is 0.712. The number of amides is 1. The Morgan fingerprint density at radius 3 is 2.50 bits per heavy atom. The van der Waals surface area contributed by atoms with Crippen molar-refractivity contribution in [3.05, 3.63) is 0 Å². The first-order valence-corrected chi connectivity index (χ1v) is 5.78. The van der Waals surface area contributed by atoms with Gasteiger partial charge in [-0.1, -0.05) is 19.3 Å². The number of hydrogen-bond donors (Lipinski definition) is 2. The van der Waals surface area contributed by atoms with E-state index in [1.54, 1.807) is 0 Å². The van der Waals surface area contributed by atoms with Gasteiger partial charge in [-0.05, 0) is 31.6 Å². The maximum Gasteiger partial charge on any atom is 0.240 e. The molecule has 2 aliphatic rings. The molecule has 0 aromatic carbocycles. The van der Waals surface area contributed by atoms with Crippen LogP contribution in [0.15, 0.2) is 0 Å². The zero-order valence-electron chi connectivity index (χ0n) is 8.72. The molecule has 0 radical (unpaired) electrons. The second-order valence-corrected chi connectivity index (χ2v) is 4.87. The molecule has 1 amide bonds. The molecule has 2 saturated carbocycles. The van der Waals surface area contributed by atoms with Gasteiger partial charge in [-0.15, -0.1) is 0 Å². The van der Waals surface area contributed by atoms with Gasteiger partial charge in [0.25, 0.3) is 0 Å². The van der Waals surface area contributed by atoms with E-state index in [4.69, 9.17) is 5.73 Å². The Kier molecular flexibility index (Phi) is 2.77. The van der Waals surface area contributed by atoms with Gasteiger partial charge in [0.1, 0.15) is 0 Å². The Bertz CT molecular complexity index is 217. The first kappa shape index (κ1) is 9.97. The van der Waals surface area contributed by atoms with Gasteiger partial charge in [0, 0.05) is 6.54 Å². The fourth-order valence-corrected chi connectivity index (χ4v) is 2.14. The minimum Gasteiger partial charge on any atom is -0.354 e. The molecule has 14 heavy (non-hydrogen) atoms. The molecule has 0 atom stereocenters. The Balaban J connectivity index is 1.80. The summed E-state index contributed by atoms with van der Waals surface area (Å²) < 4.78 is 0. The highest BCUT2D eigenvalue weighted by Crippen LogP contribution is 2.29. The lowest BCUT2D eigenvalue weighted by Crippen LogP contribution is -2.55. The Morgan fingerprint density at radius 1 is 1.29 bits per heavy atom. The molecular formula is C11H20N2O. The van der Waals surface area contributed by atoms with Gasteiger partial charge in [0.15, 0.2) is 0 Å². The molecule has 80 valence electrons.